The second-order valence-electron chi connectivity index (χ2n) is 4.37. The van der Waals surface area contributed by atoms with Crippen molar-refractivity contribution in [2.45, 2.75) is 32.1 Å². The van der Waals surface area contributed by atoms with Crippen LogP contribution in [0.4, 0.5) is 4.39 Å². The maximum Gasteiger partial charge on any atom is 0.179 e. The molecule has 0 N–H and O–H groups in total. The smallest absolute Gasteiger partial charge is 0.179 e. The zero-order valence-electron chi connectivity index (χ0n) is 9.22. The Labute approximate surface area is 104 Å². The third kappa shape index (κ3) is 2.97. The molecule has 0 radical (unpaired) electrons. The molecule has 0 amide bonds. The molecule has 16 heavy (non-hydrogen) atoms. The van der Waals surface area contributed by atoms with Crippen LogP contribution in [0, 0.1) is 11.7 Å². The standard InChI is InChI=1S/C13H16BrFO/c14-11-7-4-8-12(13(11)15)16-9-10-5-2-1-3-6-10/h4,7-8,10H,1-3,5-6,9H2. The van der Waals surface area contributed by atoms with Gasteiger partial charge in [0.15, 0.2) is 11.6 Å². The minimum absolute atomic E-state index is 0.293. The van der Waals surface area contributed by atoms with Crippen molar-refractivity contribution in [1.29, 1.82) is 0 Å². The molecule has 1 saturated carbocycles. The third-order valence-corrected chi connectivity index (χ3v) is 3.73. The van der Waals surface area contributed by atoms with Crippen molar-refractivity contribution in [3.63, 3.8) is 0 Å². The van der Waals surface area contributed by atoms with Crippen LogP contribution < -0.4 is 4.74 Å². The molecule has 0 spiro atoms. The summed E-state index contributed by atoms with van der Waals surface area (Å²) in [5, 5.41) is 0. The van der Waals surface area contributed by atoms with Crippen LogP contribution in [0.3, 0.4) is 0 Å². The van der Waals surface area contributed by atoms with Gasteiger partial charge in [-0.2, -0.15) is 0 Å². The van der Waals surface area contributed by atoms with Gasteiger partial charge in [-0.05, 0) is 46.8 Å². The summed E-state index contributed by atoms with van der Waals surface area (Å²) in [5.74, 6) is 0.672. The van der Waals surface area contributed by atoms with Crippen molar-refractivity contribution in [3.8, 4) is 5.75 Å². The Morgan fingerprint density at radius 1 is 1.25 bits per heavy atom. The topological polar surface area (TPSA) is 9.23 Å². The summed E-state index contributed by atoms with van der Waals surface area (Å²) in [6, 6.07) is 5.16. The fourth-order valence-electron chi connectivity index (χ4n) is 2.16. The van der Waals surface area contributed by atoms with Gasteiger partial charge in [-0.15, -0.1) is 0 Å². The van der Waals surface area contributed by atoms with Crippen LogP contribution in [0.15, 0.2) is 22.7 Å². The monoisotopic (exact) mass is 286 g/mol. The minimum Gasteiger partial charge on any atom is -0.490 e. The van der Waals surface area contributed by atoms with Crippen molar-refractivity contribution < 1.29 is 9.13 Å². The van der Waals surface area contributed by atoms with Crippen LogP contribution in [0.2, 0.25) is 0 Å². The minimum atomic E-state index is -0.293. The van der Waals surface area contributed by atoms with Gasteiger partial charge in [0.1, 0.15) is 0 Å². The molecule has 1 fully saturated rings. The molecular formula is C13H16BrFO. The maximum atomic E-state index is 13.6. The highest BCUT2D eigenvalue weighted by Gasteiger charge is 2.15. The first-order valence-corrected chi connectivity index (χ1v) is 6.63. The van der Waals surface area contributed by atoms with Gasteiger partial charge in [-0.3, -0.25) is 0 Å². The summed E-state index contributed by atoms with van der Waals surface area (Å²) in [5.41, 5.74) is 0. The Hall–Kier alpha value is -0.570. The predicted molar refractivity (Wildman–Crippen MR) is 66.2 cm³/mol. The average Bonchev–Trinajstić information content (AvgIpc) is 2.32. The SMILES string of the molecule is Fc1c(Br)cccc1OCC1CCCCC1. The molecule has 0 aliphatic heterocycles. The molecule has 0 atom stereocenters. The van der Waals surface area contributed by atoms with E-state index in [0.717, 1.165) is 0 Å². The van der Waals surface area contributed by atoms with Gasteiger partial charge in [0.05, 0.1) is 11.1 Å². The third-order valence-electron chi connectivity index (χ3n) is 3.12. The Bertz CT molecular complexity index is 348. The van der Waals surface area contributed by atoms with Crippen molar-refractivity contribution in [2.75, 3.05) is 6.61 Å². The lowest BCUT2D eigenvalue weighted by Gasteiger charge is -2.21. The highest BCUT2D eigenvalue weighted by atomic mass is 79.9. The largest absolute Gasteiger partial charge is 0.490 e. The van der Waals surface area contributed by atoms with Gasteiger partial charge in [-0.1, -0.05) is 25.3 Å². The summed E-state index contributed by atoms with van der Waals surface area (Å²) in [6.07, 6.45) is 6.34. The van der Waals surface area contributed by atoms with Crippen molar-refractivity contribution in [3.05, 3.63) is 28.5 Å². The van der Waals surface area contributed by atoms with Crippen LogP contribution in [0.25, 0.3) is 0 Å². The fraction of sp³-hybridized carbons (Fsp3) is 0.538. The second-order valence-corrected chi connectivity index (χ2v) is 5.22. The Morgan fingerprint density at radius 2 is 2.00 bits per heavy atom. The summed E-state index contributed by atoms with van der Waals surface area (Å²) < 4.78 is 19.6. The Morgan fingerprint density at radius 3 is 2.75 bits per heavy atom. The summed E-state index contributed by atoms with van der Waals surface area (Å²) in [4.78, 5) is 0. The van der Waals surface area contributed by atoms with E-state index >= 15 is 0 Å². The molecule has 1 aromatic carbocycles. The lowest BCUT2D eigenvalue weighted by atomic mass is 9.90. The number of benzene rings is 1. The molecule has 1 aliphatic rings. The predicted octanol–water partition coefficient (Wildman–Crippen LogP) is 4.55. The number of hydrogen-bond acceptors (Lipinski definition) is 1. The molecule has 0 saturated heterocycles. The molecule has 1 nitrogen and oxygen atoms in total. The molecule has 1 aromatic rings. The van der Waals surface area contributed by atoms with Crippen LogP contribution >= 0.6 is 15.9 Å². The molecule has 0 bridgehead atoms. The van der Waals surface area contributed by atoms with Crippen LogP contribution in [-0.4, -0.2) is 6.61 Å². The molecule has 2 rings (SSSR count). The number of rotatable bonds is 3. The molecule has 0 unspecified atom stereocenters. The van der Waals surface area contributed by atoms with Gasteiger partial charge in [-0.25, -0.2) is 4.39 Å². The quantitative estimate of drug-likeness (QED) is 0.792. The summed E-state index contributed by atoms with van der Waals surface area (Å²) in [6.45, 7) is 0.646. The van der Waals surface area contributed by atoms with E-state index in [1.54, 1.807) is 18.2 Å². The second kappa shape index (κ2) is 5.67. The maximum absolute atomic E-state index is 13.6. The zero-order valence-corrected chi connectivity index (χ0v) is 10.8. The summed E-state index contributed by atoms with van der Waals surface area (Å²) in [7, 11) is 0. The van der Waals surface area contributed by atoms with Gasteiger partial charge < -0.3 is 4.74 Å². The number of ether oxygens (including phenoxy) is 1. The van der Waals surface area contributed by atoms with E-state index in [1.807, 2.05) is 0 Å². The Balaban J connectivity index is 1.91. The van der Waals surface area contributed by atoms with Crippen LogP contribution in [-0.2, 0) is 0 Å². The fourth-order valence-corrected chi connectivity index (χ4v) is 2.50. The highest BCUT2D eigenvalue weighted by molar-refractivity contribution is 9.10. The van der Waals surface area contributed by atoms with E-state index in [4.69, 9.17) is 4.74 Å². The van der Waals surface area contributed by atoms with E-state index in [2.05, 4.69) is 15.9 Å². The van der Waals surface area contributed by atoms with E-state index < -0.39 is 0 Å². The number of hydrogen-bond donors (Lipinski definition) is 0. The molecule has 0 aromatic heterocycles. The highest BCUT2D eigenvalue weighted by Crippen LogP contribution is 2.27. The van der Waals surface area contributed by atoms with Crippen LogP contribution in [0.1, 0.15) is 32.1 Å². The van der Waals surface area contributed by atoms with Gasteiger partial charge >= 0.3 is 0 Å². The first-order valence-electron chi connectivity index (χ1n) is 5.84. The number of halogens is 2. The first kappa shape index (κ1) is 11.9. The molecule has 0 heterocycles. The van der Waals surface area contributed by atoms with E-state index in [0.29, 0.717) is 22.7 Å². The zero-order chi connectivity index (χ0) is 11.4. The van der Waals surface area contributed by atoms with E-state index in [1.165, 1.54) is 32.1 Å². The Kier molecular flexibility index (Phi) is 4.22. The van der Waals surface area contributed by atoms with Gasteiger partial charge in [0.2, 0.25) is 0 Å². The van der Waals surface area contributed by atoms with Crippen molar-refractivity contribution in [1.82, 2.24) is 0 Å². The summed E-state index contributed by atoms with van der Waals surface area (Å²) >= 11 is 3.16. The van der Waals surface area contributed by atoms with E-state index in [9.17, 15) is 4.39 Å². The molecule has 1 aliphatic carbocycles. The van der Waals surface area contributed by atoms with Crippen molar-refractivity contribution >= 4 is 15.9 Å². The van der Waals surface area contributed by atoms with Crippen LogP contribution in [0.5, 0.6) is 5.75 Å². The van der Waals surface area contributed by atoms with E-state index in [-0.39, 0.29) is 5.82 Å². The lowest BCUT2D eigenvalue weighted by molar-refractivity contribution is 0.202. The normalized spacial score (nSPS) is 17.4. The van der Waals surface area contributed by atoms with Crippen molar-refractivity contribution in [2.24, 2.45) is 5.92 Å². The molecular weight excluding hydrogens is 271 g/mol. The lowest BCUT2D eigenvalue weighted by Crippen LogP contribution is -2.15. The first-order chi connectivity index (χ1) is 7.77. The average molecular weight is 287 g/mol. The molecule has 88 valence electrons. The van der Waals surface area contributed by atoms with Gasteiger partial charge in [0, 0.05) is 0 Å². The van der Waals surface area contributed by atoms with Gasteiger partial charge in [0.25, 0.3) is 0 Å². The molecule has 3 heteroatoms.